The topological polar surface area (TPSA) is 25.8 Å². The first-order valence-electron chi connectivity index (χ1n) is 3.26. The van der Waals surface area contributed by atoms with Gasteiger partial charge in [0.2, 0.25) is 0 Å². The first-order chi connectivity index (χ1) is 4.79. The lowest BCUT2D eigenvalue weighted by Crippen LogP contribution is -1.83. The molecule has 1 heterocycles. The third kappa shape index (κ3) is 3.45. The minimum Gasteiger partial charge on any atom is -0.241 e. The van der Waals surface area contributed by atoms with Gasteiger partial charge in [-0.3, -0.25) is 0 Å². The molecule has 1 aromatic heterocycles. The standard InChI is InChI=1S/C5H6N2S.C2H6/c1-4-6-2-5(8)3-7-4;1-2/h2-3,8H,1H3;1-2H3. The minimum absolute atomic E-state index is 0.780. The Kier molecular flexibility index (Phi) is 4.94. The van der Waals surface area contributed by atoms with Crippen molar-refractivity contribution in [2.75, 3.05) is 0 Å². The average Bonchev–Trinajstić information content (AvgIpc) is 2.00. The molecular formula is C7H12N2S. The molecule has 3 heteroatoms. The summed E-state index contributed by atoms with van der Waals surface area (Å²) < 4.78 is 0. The molecule has 0 amide bonds. The molecule has 0 radical (unpaired) electrons. The van der Waals surface area contributed by atoms with E-state index in [1.807, 2.05) is 20.8 Å². The van der Waals surface area contributed by atoms with E-state index < -0.39 is 0 Å². The summed E-state index contributed by atoms with van der Waals surface area (Å²) in [6, 6.07) is 0. The maximum Gasteiger partial charge on any atom is 0.125 e. The van der Waals surface area contributed by atoms with Crippen molar-refractivity contribution in [3.05, 3.63) is 18.2 Å². The highest BCUT2D eigenvalue weighted by atomic mass is 32.1. The van der Waals surface area contributed by atoms with Crippen molar-refractivity contribution in [2.45, 2.75) is 25.7 Å². The van der Waals surface area contributed by atoms with Crippen LogP contribution >= 0.6 is 12.6 Å². The van der Waals surface area contributed by atoms with Crippen LogP contribution in [0.4, 0.5) is 0 Å². The Morgan fingerprint density at radius 2 is 1.60 bits per heavy atom. The van der Waals surface area contributed by atoms with Crippen LogP contribution in [0.2, 0.25) is 0 Å². The Balaban J connectivity index is 0.000000371. The quantitative estimate of drug-likeness (QED) is 0.582. The zero-order valence-electron chi connectivity index (χ0n) is 6.50. The summed E-state index contributed by atoms with van der Waals surface area (Å²) in [7, 11) is 0. The predicted octanol–water partition coefficient (Wildman–Crippen LogP) is 2.10. The van der Waals surface area contributed by atoms with Gasteiger partial charge in [-0.25, -0.2) is 9.97 Å². The van der Waals surface area contributed by atoms with Crippen LogP contribution in [0.15, 0.2) is 17.3 Å². The van der Waals surface area contributed by atoms with E-state index in [9.17, 15) is 0 Å². The molecule has 1 rings (SSSR count). The van der Waals surface area contributed by atoms with E-state index in [2.05, 4.69) is 22.6 Å². The summed E-state index contributed by atoms with van der Waals surface area (Å²) in [5, 5.41) is 0. The number of thiol groups is 1. The number of nitrogens with zero attached hydrogens (tertiary/aromatic N) is 2. The zero-order chi connectivity index (χ0) is 7.98. The Hall–Kier alpha value is -0.570. The fourth-order valence-corrected chi connectivity index (χ4v) is 0.501. The van der Waals surface area contributed by atoms with Gasteiger partial charge in [0, 0.05) is 17.3 Å². The van der Waals surface area contributed by atoms with Crippen LogP contribution in [0.5, 0.6) is 0 Å². The first-order valence-corrected chi connectivity index (χ1v) is 3.71. The predicted molar refractivity (Wildman–Crippen MR) is 45.4 cm³/mol. The van der Waals surface area contributed by atoms with Crippen molar-refractivity contribution < 1.29 is 0 Å². The molecule has 0 aliphatic rings. The second kappa shape index (κ2) is 5.23. The Bertz CT molecular complexity index is 150. The SMILES string of the molecule is CC.Cc1ncc(S)cn1. The van der Waals surface area contributed by atoms with Crippen molar-refractivity contribution in [3.8, 4) is 0 Å². The van der Waals surface area contributed by atoms with Crippen LogP contribution < -0.4 is 0 Å². The lowest BCUT2D eigenvalue weighted by molar-refractivity contribution is 1.01. The molecule has 0 aliphatic carbocycles. The molecule has 0 N–H and O–H groups in total. The maximum absolute atomic E-state index is 4.01. The third-order valence-corrected chi connectivity index (χ3v) is 0.998. The van der Waals surface area contributed by atoms with Crippen LogP contribution in [0.1, 0.15) is 19.7 Å². The highest BCUT2D eigenvalue weighted by Gasteiger charge is 1.83. The number of hydrogen-bond acceptors (Lipinski definition) is 3. The van der Waals surface area contributed by atoms with E-state index >= 15 is 0 Å². The summed E-state index contributed by atoms with van der Waals surface area (Å²) in [6.45, 7) is 5.84. The van der Waals surface area contributed by atoms with E-state index in [0.717, 1.165) is 10.7 Å². The summed E-state index contributed by atoms with van der Waals surface area (Å²) >= 11 is 4.01. The fourth-order valence-electron chi connectivity index (χ4n) is 0.386. The monoisotopic (exact) mass is 156 g/mol. The van der Waals surface area contributed by atoms with Crippen molar-refractivity contribution in [2.24, 2.45) is 0 Å². The Morgan fingerprint density at radius 3 is 1.90 bits per heavy atom. The number of hydrogen-bond donors (Lipinski definition) is 1. The second-order valence-corrected chi connectivity index (χ2v) is 2.00. The van der Waals surface area contributed by atoms with Crippen molar-refractivity contribution in [3.63, 3.8) is 0 Å². The maximum atomic E-state index is 4.01. The van der Waals surface area contributed by atoms with Gasteiger partial charge in [-0.1, -0.05) is 13.8 Å². The molecule has 0 saturated carbocycles. The van der Waals surface area contributed by atoms with Gasteiger partial charge in [0.15, 0.2) is 0 Å². The summed E-state index contributed by atoms with van der Waals surface area (Å²) in [5.41, 5.74) is 0. The van der Waals surface area contributed by atoms with Crippen LogP contribution in [0, 0.1) is 6.92 Å². The minimum atomic E-state index is 0.780. The highest BCUT2D eigenvalue weighted by Crippen LogP contribution is 1.98. The van der Waals surface area contributed by atoms with Gasteiger partial charge >= 0.3 is 0 Å². The van der Waals surface area contributed by atoms with E-state index in [0.29, 0.717) is 0 Å². The number of aryl methyl sites for hydroxylation is 1. The van der Waals surface area contributed by atoms with Gasteiger partial charge in [-0.05, 0) is 6.92 Å². The van der Waals surface area contributed by atoms with Crippen LogP contribution in [0.25, 0.3) is 0 Å². The number of rotatable bonds is 0. The van der Waals surface area contributed by atoms with Gasteiger partial charge in [-0.2, -0.15) is 0 Å². The third-order valence-electron chi connectivity index (χ3n) is 0.767. The number of aromatic nitrogens is 2. The van der Waals surface area contributed by atoms with Crippen LogP contribution in [-0.2, 0) is 0 Å². The molecular weight excluding hydrogens is 144 g/mol. The van der Waals surface area contributed by atoms with Crippen molar-refractivity contribution >= 4 is 12.6 Å². The molecule has 0 aromatic carbocycles. The smallest absolute Gasteiger partial charge is 0.125 e. The Labute approximate surface area is 67.1 Å². The van der Waals surface area contributed by atoms with Crippen LogP contribution in [-0.4, -0.2) is 9.97 Å². The van der Waals surface area contributed by atoms with Gasteiger partial charge in [0.1, 0.15) is 5.82 Å². The second-order valence-electron chi connectivity index (χ2n) is 1.49. The fraction of sp³-hybridized carbons (Fsp3) is 0.429. The average molecular weight is 156 g/mol. The molecule has 1 aromatic rings. The normalized spacial score (nSPS) is 8.00. The summed E-state index contributed by atoms with van der Waals surface area (Å²) in [4.78, 5) is 8.58. The molecule has 0 unspecified atom stereocenters. The largest absolute Gasteiger partial charge is 0.241 e. The molecule has 0 aliphatic heterocycles. The van der Waals surface area contributed by atoms with Gasteiger partial charge < -0.3 is 0 Å². The zero-order valence-corrected chi connectivity index (χ0v) is 7.39. The van der Waals surface area contributed by atoms with Gasteiger partial charge in [0.05, 0.1) is 0 Å². The lowest BCUT2D eigenvalue weighted by Gasteiger charge is -1.87. The molecule has 2 nitrogen and oxygen atoms in total. The van der Waals surface area contributed by atoms with E-state index in [1.165, 1.54) is 0 Å². The molecule has 0 atom stereocenters. The first kappa shape index (κ1) is 9.43. The molecule has 0 fully saturated rings. The molecule has 0 saturated heterocycles. The van der Waals surface area contributed by atoms with E-state index in [4.69, 9.17) is 0 Å². The molecule has 56 valence electrons. The van der Waals surface area contributed by atoms with Gasteiger partial charge in [0.25, 0.3) is 0 Å². The summed E-state index contributed by atoms with van der Waals surface area (Å²) in [5.74, 6) is 0.780. The highest BCUT2D eigenvalue weighted by molar-refractivity contribution is 7.80. The van der Waals surface area contributed by atoms with Crippen LogP contribution in [0.3, 0.4) is 0 Å². The van der Waals surface area contributed by atoms with E-state index in [-0.39, 0.29) is 0 Å². The lowest BCUT2D eigenvalue weighted by atomic mass is 10.6. The molecule has 0 bridgehead atoms. The van der Waals surface area contributed by atoms with Crippen molar-refractivity contribution in [1.29, 1.82) is 0 Å². The molecule has 0 spiro atoms. The van der Waals surface area contributed by atoms with Gasteiger partial charge in [-0.15, -0.1) is 12.6 Å². The summed E-state index contributed by atoms with van der Waals surface area (Å²) in [6.07, 6.45) is 3.34. The molecule has 10 heavy (non-hydrogen) atoms. The van der Waals surface area contributed by atoms with E-state index in [1.54, 1.807) is 12.4 Å². The van der Waals surface area contributed by atoms with Crippen molar-refractivity contribution in [1.82, 2.24) is 9.97 Å². The Morgan fingerprint density at radius 1 is 1.20 bits per heavy atom.